The van der Waals surface area contributed by atoms with Gasteiger partial charge in [-0.05, 0) is 32.1 Å². The zero-order valence-electron chi connectivity index (χ0n) is 15.7. The third-order valence-corrected chi connectivity index (χ3v) is 5.79. The predicted octanol–water partition coefficient (Wildman–Crippen LogP) is 1.98. The molecule has 8 nitrogen and oxygen atoms in total. The van der Waals surface area contributed by atoms with Crippen LogP contribution in [-0.4, -0.2) is 57.2 Å². The lowest BCUT2D eigenvalue weighted by Crippen LogP contribution is -2.48. The van der Waals surface area contributed by atoms with E-state index in [1.165, 1.54) is 24.1 Å². The van der Waals surface area contributed by atoms with E-state index in [0.717, 1.165) is 68.7 Å². The number of H-pyrrole nitrogens is 1. The number of aryl methyl sites for hydroxylation is 1. The first kappa shape index (κ1) is 16.5. The normalized spacial score (nSPS) is 19.3. The lowest BCUT2D eigenvalue weighted by molar-refractivity contribution is -0.129. The van der Waals surface area contributed by atoms with Gasteiger partial charge in [0.05, 0.1) is 5.69 Å². The number of nitrogens with zero attached hydrogens (tertiary/aromatic N) is 5. The summed E-state index contributed by atoms with van der Waals surface area (Å²) in [5.41, 5.74) is 3.58. The van der Waals surface area contributed by atoms with Gasteiger partial charge in [-0.2, -0.15) is 10.1 Å². The SMILES string of the molecule is CC(=O)N1CCN(c2nc3c(c(Nc4cc(C5CC5)[nH]n4)n2)CCC3)CC1. The van der Waals surface area contributed by atoms with E-state index >= 15 is 0 Å². The lowest BCUT2D eigenvalue weighted by atomic mass is 10.2. The molecule has 2 aromatic heterocycles. The first-order chi connectivity index (χ1) is 13.2. The lowest BCUT2D eigenvalue weighted by Gasteiger charge is -2.34. The highest BCUT2D eigenvalue weighted by molar-refractivity contribution is 5.73. The Bertz CT molecular complexity index is 865. The smallest absolute Gasteiger partial charge is 0.227 e. The summed E-state index contributed by atoms with van der Waals surface area (Å²) in [6.07, 6.45) is 5.63. The van der Waals surface area contributed by atoms with Gasteiger partial charge >= 0.3 is 0 Å². The van der Waals surface area contributed by atoms with Crippen LogP contribution >= 0.6 is 0 Å². The van der Waals surface area contributed by atoms with E-state index in [1.807, 2.05) is 4.90 Å². The molecule has 2 aromatic rings. The number of aromatic amines is 1. The number of fused-ring (bicyclic) bond motifs is 1. The molecule has 2 N–H and O–H groups in total. The molecular weight excluding hydrogens is 342 g/mol. The Labute approximate surface area is 158 Å². The molecule has 0 bridgehead atoms. The van der Waals surface area contributed by atoms with Gasteiger partial charge in [0.15, 0.2) is 5.82 Å². The Balaban J connectivity index is 1.39. The average molecular weight is 367 g/mol. The molecule has 142 valence electrons. The number of piperazine rings is 1. The minimum Gasteiger partial charge on any atom is -0.339 e. The Morgan fingerprint density at radius 1 is 1.19 bits per heavy atom. The molecule has 1 amide bonds. The van der Waals surface area contributed by atoms with Crippen LogP contribution in [0.5, 0.6) is 0 Å². The fourth-order valence-electron chi connectivity index (χ4n) is 4.01. The number of carbonyl (C=O) groups is 1. The molecule has 8 heteroatoms. The van der Waals surface area contributed by atoms with Gasteiger partial charge in [-0.25, -0.2) is 4.98 Å². The second kappa shape index (κ2) is 6.51. The van der Waals surface area contributed by atoms with Crippen LogP contribution < -0.4 is 10.2 Å². The van der Waals surface area contributed by atoms with Crippen LogP contribution in [0.25, 0.3) is 0 Å². The number of carbonyl (C=O) groups excluding carboxylic acids is 1. The molecule has 0 spiro atoms. The monoisotopic (exact) mass is 367 g/mol. The number of aromatic nitrogens is 4. The van der Waals surface area contributed by atoms with Crippen molar-refractivity contribution in [2.75, 3.05) is 36.4 Å². The molecule has 1 saturated carbocycles. The minimum absolute atomic E-state index is 0.136. The van der Waals surface area contributed by atoms with Gasteiger partial charge in [-0.1, -0.05) is 0 Å². The Morgan fingerprint density at radius 2 is 2.00 bits per heavy atom. The second-order valence-electron chi connectivity index (χ2n) is 7.75. The maximum Gasteiger partial charge on any atom is 0.227 e. The summed E-state index contributed by atoms with van der Waals surface area (Å²) >= 11 is 0. The Hall–Kier alpha value is -2.64. The van der Waals surface area contributed by atoms with Crippen molar-refractivity contribution in [3.63, 3.8) is 0 Å². The van der Waals surface area contributed by atoms with Gasteiger partial charge in [0.1, 0.15) is 5.82 Å². The second-order valence-corrected chi connectivity index (χ2v) is 7.75. The highest BCUT2D eigenvalue weighted by Gasteiger charge is 2.27. The van der Waals surface area contributed by atoms with Gasteiger partial charge in [-0.15, -0.1) is 0 Å². The van der Waals surface area contributed by atoms with Crippen LogP contribution in [0.3, 0.4) is 0 Å². The van der Waals surface area contributed by atoms with E-state index in [4.69, 9.17) is 9.97 Å². The predicted molar refractivity (Wildman–Crippen MR) is 102 cm³/mol. The van der Waals surface area contributed by atoms with Crippen molar-refractivity contribution < 1.29 is 4.79 Å². The van der Waals surface area contributed by atoms with Gasteiger partial charge < -0.3 is 15.1 Å². The number of rotatable bonds is 4. The summed E-state index contributed by atoms with van der Waals surface area (Å²) in [4.78, 5) is 25.3. The average Bonchev–Trinajstić information content (AvgIpc) is 3.23. The van der Waals surface area contributed by atoms with E-state index in [1.54, 1.807) is 6.92 Å². The van der Waals surface area contributed by atoms with E-state index in [-0.39, 0.29) is 5.91 Å². The Kier molecular flexibility index (Phi) is 3.98. The van der Waals surface area contributed by atoms with Gasteiger partial charge in [0.2, 0.25) is 11.9 Å². The number of hydrogen-bond acceptors (Lipinski definition) is 6. The van der Waals surface area contributed by atoms with Crippen LogP contribution in [-0.2, 0) is 17.6 Å². The summed E-state index contributed by atoms with van der Waals surface area (Å²) in [5.74, 6) is 3.26. The third-order valence-electron chi connectivity index (χ3n) is 5.79. The first-order valence-electron chi connectivity index (χ1n) is 9.90. The fraction of sp³-hybridized carbons (Fsp3) is 0.579. The number of hydrogen-bond donors (Lipinski definition) is 2. The standard InChI is InChI=1S/C19H25N7O/c1-12(27)25-7-9-26(10-8-25)19-20-15-4-2-3-14(15)18(22-19)21-17-11-16(23-24-17)13-5-6-13/h11,13H,2-10H2,1H3,(H2,20,21,22,23,24). The number of anilines is 3. The molecule has 1 aliphatic heterocycles. The van der Waals surface area contributed by atoms with E-state index in [9.17, 15) is 4.79 Å². The molecule has 5 rings (SSSR count). The summed E-state index contributed by atoms with van der Waals surface area (Å²) in [7, 11) is 0. The highest BCUT2D eigenvalue weighted by atomic mass is 16.2. The molecule has 3 heterocycles. The molecule has 0 aromatic carbocycles. The maximum absolute atomic E-state index is 11.6. The molecule has 0 unspecified atom stereocenters. The molecule has 1 saturated heterocycles. The Morgan fingerprint density at radius 3 is 2.74 bits per heavy atom. The zero-order valence-corrected chi connectivity index (χ0v) is 15.7. The number of amides is 1. The van der Waals surface area contributed by atoms with Crippen molar-refractivity contribution in [1.29, 1.82) is 0 Å². The van der Waals surface area contributed by atoms with Crippen LogP contribution in [0, 0.1) is 0 Å². The molecular formula is C19H25N7O. The maximum atomic E-state index is 11.6. The van der Waals surface area contributed by atoms with Gasteiger partial charge in [0.25, 0.3) is 0 Å². The van der Waals surface area contributed by atoms with Crippen molar-refractivity contribution >= 4 is 23.5 Å². The number of nitrogens with one attached hydrogen (secondary N) is 2. The summed E-state index contributed by atoms with van der Waals surface area (Å²) in [6, 6.07) is 2.10. The fourth-order valence-corrected chi connectivity index (χ4v) is 4.01. The van der Waals surface area contributed by atoms with Crippen LogP contribution in [0.15, 0.2) is 6.07 Å². The molecule has 0 atom stereocenters. The molecule has 2 fully saturated rings. The van der Waals surface area contributed by atoms with Gasteiger partial charge in [-0.3, -0.25) is 9.89 Å². The summed E-state index contributed by atoms with van der Waals surface area (Å²) in [6.45, 7) is 4.62. The van der Waals surface area contributed by atoms with Crippen molar-refractivity contribution in [3.05, 3.63) is 23.0 Å². The van der Waals surface area contributed by atoms with Crippen molar-refractivity contribution in [2.45, 2.75) is 44.9 Å². The van der Waals surface area contributed by atoms with Gasteiger partial charge in [0, 0.05) is 56.3 Å². The van der Waals surface area contributed by atoms with Crippen molar-refractivity contribution in [3.8, 4) is 0 Å². The summed E-state index contributed by atoms with van der Waals surface area (Å²) in [5, 5.41) is 11.0. The molecule has 3 aliphatic rings. The van der Waals surface area contributed by atoms with Crippen molar-refractivity contribution in [1.82, 2.24) is 25.1 Å². The van der Waals surface area contributed by atoms with Crippen LogP contribution in [0.4, 0.5) is 17.6 Å². The summed E-state index contributed by atoms with van der Waals surface area (Å²) < 4.78 is 0. The largest absolute Gasteiger partial charge is 0.339 e. The highest BCUT2D eigenvalue weighted by Crippen LogP contribution is 2.40. The third kappa shape index (κ3) is 3.24. The van der Waals surface area contributed by atoms with Crippen LogP contribution in [0.2, 0.25) is 0 Å². The molecule has 0 radical (unpaired) electrons. The van der Waals surface area contributed by atoms with Crippen molar-refractivity contribution in [2.24, 2.45) is 0 Å². The quantitative estimate of drug-likeness (QED) is 0.859. The topological polar surface area (TPSA) is 90.0 Å². The molecule has 27 heavy (non-hydrogen) atoms. The zero-order chi connectivity index (χ0) is 18.4. The van der Waals surface area contributed by atoms with E-state index in [0.29, 0.717) is 5.92 Å². The first-order valence-corrected chi connectivity index (χ1v) is 9.90. The minimum atomic E-state index is 0.136. The van der Waals surface area contributed by atoms with E-state index < -0.39 is 0 Å². The van der Waals surface area contributed by atoms with E-state index in [2.05, 4.69) is 26.5 Å². The molecule has 2 aliphatic carbocycles. The van der Waals surface area contributed by atoms with Crippen LogP contribution in [0.1, 0.15) is 49.1 Å².